The molecule has 1 N–H and O–H groups in total. The number of hydrogen-bond donors (Lipinski definition) is 1. The molecule has 0 aromatic carbocycles. The Kier molecular flexibility index (Phi) is 6.77. The summed E-state index contributed by atoms with van der Waals surface area (Å²) in [6.07, 6.45) is -0.478. The molecule has 0 saturated carbocycles. The van der Waals surface area contributed by atoms with Crippen LogP contribution in [0, 0.1) is 13.8 Å². The van der Waals surface area contributed by atoms with Crippen molar-refractivity contribution in [1.29, 1.82) is 0 Å². The molecule has 7 nitrogen and oxygen atoms in total. The molecule has 1 aromatic heterocycles. The first-order chi connectivity index (χ1) is 11.4. The number of β-amino-alcohol motifs (C(OH)–C–C–N with tert-alkyl or cyclic N) is 1. The lowest BCUT2D eigenvalue weighted by molar-refractivity contribution is -0.134. The number of ether oxygens (including phenoxy) is 1. The fourth-order valence-electron chi connectivity index (χ4n) is 3.26. The van der Waals surface area contributed by atoms with Crippen molar-refractivity contribution < 1.29 is 19.2 Å². The van der Waals surface area contributed by atoms with Gasteiger partial charge >= 0.3 is 0 Å². The highest BCUT2D eigenvalue weighted by Crippen LogP contribution is 2.25. The van der Waals surface area contributed by atoms with Crippen LogP contribution in [-0.4, -0.2) is 78.0 Å². The Hall–Kier alpha value is -1.44. The largest absolute Gasteiger partial charge is 0.389 e. The maximum absolute atomic E-state index is 12.7. The third-order valence-corrected chi connectivity index (χ3v) is 4.56. The zero-order valence-electron chi connectivity index (χ0n) is 15.1. The first-order valence-corrected chi connectivity index (χ1v) is 8.63. The van der Waals surface area contributed by atoms with Gasteiger partial charge in [-0.1, -0.05) is 5.16 Å². The summed E-state index contributed by atoms with van der Waals surface area (Å²) in [6, 6.07) is 0. The lowest BCUT2D eigenvalue weighted by Crippen LogP contribution is -2.51. The van der Waals surface area contributed by atoms with Crippen molar-refractivity contribution in [2.75, 3.05) is 45.9 Å². The number of hydrogen-bond acceptors (Lipinski definition) is 6. The van der Waals surface area contributed by atoms with Crippen LogP contribution in [0.4, 0.5) is 0 Å². The lowest BCUT2D eigenvalue weighted by Gasteiger charge is -2.36. The van der Waals surface area contributed by atoms with E-state index in [1.54, 1.807) is 0 Å². The van der Waals surface area contributed by atoms with Crippen molar-refractivity contribution in [3.05, 3.63) is 17.0 Å². The molecule has 136 valence electrons. The summed E-state index contributed by atoms with van der Waals surface area (Å²) in [5.41, 5.74) is 1.68. The minimum Gasteiger partial charge on any atom is -0.389 e. The molecule has 0 spiro atoms. The van der Waals surface area contributed by atoms with Crippen molar-refractivity contribution in [2.24, 2.45) is 0 Å². The average molecular weight is 339 g/mol. The number of amides is 1. The molecule has 0 bridgehead atoms. The molecule has 24 heavy (non-hydrogen) atoms. The highest BCUT2D eigenvalue weighted by Gasteiger charge is 2.29. The van der Waals surface area contributed by atoms with E-state index in [1.807, 2.05) is 32.6 Å². The molecule has 0 unspecified atom stereocenters. The molecule has 1 aliphatic rings. The molecule has 2 atom stereocenters. The summed E-state index contributed by atoms with van der Waals surface area (Å²) in [5, 5.41) is 13.9. The van der Waals surface area contributed by atoms with Crippen molar-refractivity contribution in [3.8, 4) is 0 Å². The predicted octanol–water partition coefficient (Wildman–Crippen LogP) is 0.937. The Morgan fingerprint density at radius 1 is 1.33 bits per heavy atom. The topological polar surface area (TPSA) is 79.0 Å². The molecule has 2 heterocycles. The number of aryl methyl sites for hydroxylation is 2. The van der Waals surface area contributed by atoms with Crippen molar-refractivity contribution in [2.45, 2.75) is 39.7 Å². The lowest BCUT2D eigenvalue weighted by atomic mass is 9.97. The quantitative estimate of drug-likeness (QED) is 0.796. The van der Waals surface area contributed by atoms with Gasteiger partial charge in [-0.3, -0.25) is 9.69 Å². The van der Waals surface area contributed by atoms with E-state index in [0.717, 1.165) is 24.3 Å². The van der Waals surface area contributed by atoms with Gasteiger partial charge in [0.15, 0.2) is 0 Å². The van der Waals surface area contributed by atoms with Gasteiger partial charge in [0.1, 0.15) is 5.76 Å². The normalized spacial score (nSPS) is 18.6. The molecule has 1 saturated heterocycles. The van der Waals surface area contributed by atoms with Crippen LogP contribution in [-0.2, 0) is 9.53 Å². The number of aliphatic hydroxyl groups is 1. The fourth-order valence-corrected chi connectivity index (χ4v) is 3.26. The van der Waals surface area contributed by atoms with Crippen LogP contribution < -0.4 is 0 Å². The maximum atomic E-state index is 12.7. The predicted molar refractivity (Wildman–Crippen MR) is 89.9 cm³/mol. The Labute approximate surface area is 143 Å². The third kappa shape index (κ3) is 4.55. The second-order valence-corrected chi connectivity index (χ2v) is 6.40. The van der Waals surface area contributed by atoms with Crippen LogP contribution in [0.2, 0.25) is 0 Å². The number of carbonyl (C=O) groups excluding carboxylic acids is 1. The summed E-state index contributed by atoms with van der Waals surface area (Å²) in [5.74, 6) is 0.580. The van der Waals surface area contributed by atoms with E-state index in [9.17, 15) is 9.90 Å². The number of nitrogens with zero attached hydrogens (tertiary/aromatic N) is 3. The molecule has 1 fully saturated rings. The van der Waals surface area contributed by atoms with Gasteiger partial charge in [-0.15, -0.1) is 0 Å². The maximum Gasteiger partial charge on any atom is 0.230 e. The Balaban J connectivity index is 1.84. The smallest absolute Gasteiger partial charge is 0.230 e. The summed E-state index contributed by atoms with van der Waals surface area (Å²) >= 11 is 0. The summed E-state index contributed by atoms with van der Waals surface area (Å²) in [6.45, 7) is 12.0. The Morgan fingerprint density at radius 2 is 2.00 bits per heavy atom. The van der Waals surface area contributed by atoms with E-state index >= 15 is 0 Å². The number of rotatable bonds is 7. The molecule has 1 aromatic rings. The standard InChI is InChI=1S/C17H29N3O4/c1-5-23-11-15(21)10-19-6-8-20(9-7-19)17(22)12(2)16-13(3)18-24-14(16)4/h12,15,21H,5-11H2,1-4H3/t12-,15-/m0/s1. The minimum atomic E-state index is -0.478. The van der Waals surface area contributed by atoms with Crippen LogP contribution in [0.5, 0.6) is 0 Å². The van der Waals surface area contributed by atoms with E-state index in [2.05, 4.69) is 10.1 Å². The van der Waals surface area contributed by atoms with E-state index in [0.29, 0.717) is 38.6 Å². The van der Waals surface area contributed by atoms with Crippen LogP contribution in [0.15, 0.2) is 4.52 Å². The van der Waals surface area contributed by atoms with E-state index < -0.39 is 6.10 Å². The molecule has 7 heteroatoms. The molecule has 0 radical (unpaired) electrons. The number of aromatic nitrogens is 1. The van der Waals surface area contributed by atoms with Gasteiger partial charge in [0.2, 0.25) is 5.91 Å². The van der Waals surface area contributed by atoms with Gasteiger partial charge in [-0.25, -0.2) is 0 Å². The summed E-state index contributed by atoms with van der Waals surface area (Å²) in [7, 11) is 0. The fraction of sp³-hybridized carbons (Fsp3) is 0.765. The average Bonchev–Trinajstić information content (AvgIpc) is 2.91. The molecule has 1 amide bonds. The summed E-state index contributed by atoms with van der Waals surface area (Å²) < 4.78 is 10.4. The Morgan fingerprint density at radius 3 is 2.54 bits per heavy atom. The van der Waals surface area contributed by atoms with Gasteiger partial charge in [0.25, 0.3) is 0 Å². The minimum absolute atomic E-state index is 0.110. The van der Waals surface area contributed by atoms with Crippen molar-refractivity contribution >= 4 is 5.91 Å². The number of aliphatic hydroxyl groups excluding tert-OH is 1. The van der Waals surface area contributed by atoms with Crippen molar-refractivity contribution in [3.63, 3.8) is 0 Å². The molecular formula is C17H29N3O4. The highest BCUT2D eigenvalue weighted by atomic mass is 16.5. The molecule has 2 rings (SSSR count). The van der Waals surface area contributed by atoms with Gasteiger partial charge in [0, 0.05) is 44.9 Å². The van der Waals surface area contributed by atoms with Crippen LogP contribution >= 0.6 is 0 Å². The second kappa shape index (κ2) is 8.60. The zero-order chi connectivity index (χ0) is 17.7. The van der Waals surface area contributed by atoms with E-state index in [-0.39, 0.29) is 11.8 Å². The zero-order valence-corrected chi connectivity index (χ0v) is 15.1. The molecule has 0 aliphatic carbocycles. The first-order valence-electron chi connectivity index (χ1n) is 8.63. The SMILES string of the molecule is CCOC[C@@H](O)CN1CCN(C(=O)[C@@H](C)c2c(C)noc2C)CC1. The number of piperazine rings is 1. The second-order valence-electron chi connectivity index (χ2n) is 6.40. The van der Waals surface area contributed by atoms with Crippen LogP contribution in [0.25, 0.3) is 0 Å². The molecular weight excluding hydrogens is 310 g/mol. The van der Waals surface area contributed by atoms with Crippen LogP contribution in [0.1, 0.15) is 36.8 Å². The highest BCUT2D eigenvalue weighted by molar-refractivity contribution is 5.84. The third-order valence-electron chi connectivity index (χ3n) is 4.56. The van der Waals surface area contributed by atoms with E-state index in [4.69, 9.17) is 9.26 Å². The first kappa shape index (κ1) is 18.9. The Bertz CT molecular complexity index is 518. The van der Waals surface area contributed by atoms with Crippen molar-refractivity contribution in [1.82, 2.24) is 15.0 Å². The van der Waals surface area contributed by atoms with E-state index in [1.165, 1.54) is 0 Å². The van der Waals surface area contributed by atoms with Gasteiger partial charge in [-0.05, 0) is 27.7 Å². The van der Waals surface area contributed by atoms with Gasteiger partial charge in [-0.2, -0.15) is 0 Å². The monoisotopic (exact) mass is 339 g/mol. The van der Waals surface area contributed by atoms with Gasteiger partial charge < -0.3 is 19.3 Å². The molecule has 1 aliphatic heterocycles. The summed E-state index contributed by atoms with van der Waals surface area (Å²) in [4.78, 5) is 16.8. The van der Waals surface area contributed by atoms with Crippen LogP contribution in [0.3, 0.4) is 0 Å². The number of carbonyl (C=O) groups is 1. The van der Waals surface area contributed by atoms with Gasteiger partial charge in [0.05, 0.1) is 24.3 Å².